The van der Waals surface area contributed by atoms with E-state index < -0.39 is 0 Å². The van der Waals surface area contributed by atoms with Crippen molar-refractivity contribution < 1.29 is 14.3 Å². The summed E-state index contributed by atoms with van der Waals surface area (Å²) in [6, 6.07) is 0.155. The standard InChI is InChI=1S/C8H14N2O3/c11-8(10-6-4-12-5-6)13-7-1-2-9-3-7/h6-7,9H,1-5H2,(H,10,11)/t7-/m0/s1. The van der Waals surface area contributed by atoms with Crippen molar-refractivity contribution in [3.63, 3.8) is 0 Å². The molecule has 74 valence electrons. The molecule has 2 rings (SSSR count). The van der Waals surface area contributed by atoms with Crippen LogP contribution in [-0.4, -0.2) is 44.5 Å². The molecule has 0 aromatic carbocycles. The maximum absolute atomic E-state index is 11.2. The second kappa shape index (κ2) is 3.93. The summed E-state index contributed by atoms with van der Waals surface area (Å²) in [6.07, 6.45) is 0.636. The Hall–Kier alpha value is -0.810. The number of nitrogens with one attached hydrogen (secondary N) is 2. The zero-order valence-corrected chi connectivity index (χ0v) is 7.41. The van der Waals surface area contributed by atoms with Crippen molar-refractivity contribution in [2.75, 3.05) is 26.3 Å². The first-order valence-electron chi connectivity index (χ1n) is 4.60. The number of rotatable bonds is 2. The Balaban J connectivity index is 1.64. The topological polar surface area (TPSA) is 59.6 Å². The Kier molecular flexibility index (Phi) is 2.65. The molecule has 1 atom stereocenters. The molecule has 2 aliphatic heterocycles. The second-order valence-corrected chi connectivity index (χ2v) is 3.40. The van der Waals surface area contributed by atoms with Crippen LogP contribution in [0, 0.1) is 0 Å². The summed E-state index contributed by atoms with van der Waals surface area (Å²) in [4.78, 5) is 11.2. The predicted molar refractivity (Wildman–Crippen MR) is 45.5 cm³/mol. The molecule has 0 aromatic rings. The number of ether oxygens (including phenoxy) is 2. The fourth-order valence-electron chi connectivity index (χ4n) is 1.40. The summed E-state index contributed by atoms with van der Waals surface area (Å²) in [7, 11) is 0. The third kappa shape index (κ3) is 2.32. The molecule has 1 amide bonds. The monoisotopic (exact) mass is 186 g/mol. The molecular formula is C8H14N2O3. The highest BCUT2D eigenvalue weighted by Gasteiger charge is 2.24. The minimum Gasteiger partial charge on any atom is -0.445 e. The van der Waals surface area contributed by atoms with Crippen LogP contribution in [-0.2, 0) is 9.47 Å². The molecule has 0 unspecified atom stereocenters. The van der Waals surface area contributed by atoms with Gasteiger partial charge in [-0.3, -0.25) is 0 Å². The lowest BCUT2D eigenvalue weighted by atomic mass is 10.3. The summed E-state index contributed by atoms with van der Waals surface area (Å²) in [5, 5.41) is 5.86. The fourth-order valence-corrected chi connectivity index (χ4v) is 1.40. The molecule has 2 saturated heterocycles. The number of hydrogen-bond acceptors (Lipinski definition) is 4. The first-order chi connectivity index (χ1) is 6.34. The van der Waals surface area contributed by atoms with E-state index in [1.54, 1.807) is 0 Å². The van der Waals surface area contributed by atoms with Gasteiger partial charge in [0.25, 0.3) is 0 Å². The van der Waals surface area contributed by atoms with Crippen LogP contribution in [0.4, 0.5) is 4.79 Å². The van der Waals surface area contributed by atoms with E-state index in [0.717, 1.165) is 19.5 Å². The van der Waals surface area contributed by atoms with Crippen LogP contribution in [0.25, 0.3) is 0 Å². The van der Waals surface area contributed by atoms with E-state index in [0.29, 0.717) is 13.2 Å². The Bertz CT molecular complexity index is 188. The lowest BCUT2D eigenvalue weighted by molar-refractivity contribution is -0.00782. The highest BCUT2D eigenvalue weighted by atomic mass is 16.6. The first-order valence-corrected chi connectivity index (χ1v) is 4.60. The highest BCUT2D eigenvalue weighted by Crippen LogP contribution is 2.05. The lowest BCUT2D eigenvalue weighted by Crippen LogP contribution is -2.49. The Morgan fingerprint density at radius 1 is 1.54 bits per heavy atom. The van der Waals surface area contributed by atoms with Crippen LogP contribution < -0.4 is 10.6 Å². The van der Waals surface area contributed by atoms with E-state index in [1.807, 2.05) is 0 Å². The maximum Gasteiger partial charge on any atom is 0.407 e. The van der Waals surface area contributed by atoms with E-state index in [1.165, 1.54) is 0 Å². The zero-order chi connectivity index (χ0) is 9.10. The first kappa shape index (κ1) is 8.77. The molecule has 0 aromatic heterocycles. The van der Waals surface area contributed by atoms with Crippen LogP contribution in [0.15, 0.2) is 0 Å². The van der Waals surface area contributed by atoms with Crippen LogP contribution in [0.3, 0.4) is 0 Å². The van der Waals surface area contributed by atoms with Crippen molar-refractivity contribution in [3.8, 4) is 0 Å². The van der Waals surface area contributed by atoms with Crippen molar-refractivity contribution in [2.24, 2.45) is 0 Å². The van der Waals surface area contributed by atoms with E-state index in [9.17, 15) is 4.79 Å². The molecule has 2 fully saturated rings. The van der Waals surface area contributed by atoms with Gasteiger partial charge in [-0.15, -0.1) is 0 Å². The van der Waals surface area contributed by atoms with Crippen molar-refractivity contribution in [1.82, 2.24) is 10.6 Å². The summed E-state index contributed by atoms with van der Waals surface area (Å²) >= 11 is 0. The molecule has 0 spiro atoms. The number of amides is 1. The van der Waals surface area contributed by atoms with E-state index in [-0.39, 0.29) is 18.2 Å². The molecule has 13 heavy (non-hydrogen) atoms. The van der Waals surface area contributed by atoms with Gasteiger partial charge < -0.3 is 20.1 Å². The van der Waals surface area contributed by atoms with Gasteiger partial charge >= 0.3 is 6.09 Å². The molecule has 2 aliphatic rings. The Morgan fingerprint density at radius 2 is 2.38 bits per heavy atom. The van der Waals surface area contributed by atoms with Crippen LogP contribution in [0.5, 0.6) is 0 Å². The quantitative estimate of drug-likeness (QED) is 0.609. The van der Waals surface area contributed by atoms with Gasteiger partial charge in [0.05, 0.1) is 19.3 Å². The van der Waals surface area contributed by atoms with Gasteiger partial charge in [-0.05, 0) is 13.0 Å². The smallest absolute Gasteiger partial charge is 0.407 e. The van der Waals surface area contributed by atoms with Gasteiger partial charge in [-0.25, -0.2) is 4.79 Å². The molecule has 5 nitrogen and oxygen atoms in total. The third-order valence-electron chi connectivity index (χ3n) is 2.25. The minimum absolute atomic E-state index is 0.0426. The number of hydrogen-bond donors (Lipinski definition) is 2. The molecule has 5 heteroatoms. The van der Waals surface area contributed by atoms with E-state index in [4.69, 9.17) is 9.47 Å². The average molecular weight is 186 g/mol. The summed E-state index contributed by atoms with van der Waals surface area (Å²) in [5.41, 5.74) is 0. The van der Waals surface area contributed by atoms with E-state index >= 15 is 0 Å². The summed E-state index contributed by atoms with van der Waals surface area (Å²) < 4.78 is 10.1. The molecule has 2 heterocycles. The molecule has 0 aliphatic carbocycles. The predicted octanol–water partition coefficient (Wildman–Crippen LogP) is -0.527. The molecular weight excluding hydrogens is 172 g/mol. The second-order valence-electron chi connectivity index (χ2n) is 3.40. The van der Waals surface area contributed by atoms with Crippen molar-refractivity contribution in [1.29, 1.82) is 0 Å². The minimum atomic E-state index is -0.318. The highest BCUT2D eigenvalue weighted by molar-refractivity contribution is 5.68. The number of carbonyl (C=O) groups excluding carboxylic acids is 1. The van der Waals surface area contributed by atoms with Gasteiger partial charge in [0.1, 0.15) is 6.10 Å². The van der Waals surface area contributed by atoms with Gasteiger partial charge in [0.2, 0.25) is 0 Å². The van der Waals surface area contributed by atoms with Crippen LogP contribution in [0.2, 0.25) is 0 Å². The lowest BCUT2D eigenvalue weighted by Gasteiger charge is -2.26. The largest absolute Gasteiger partial charge is 0.445 e. The average Bonchev–Trinajstić information content (AvgIpc) is 2.49. The molecule has 2 N–H and O–H groups in total. The molecule has 0 saturated carbocycles. The van der Waals surface area contributed by atoms with Crippen molar-refractivity contribution in [3.05, 3.63) is 0 Å². The van der Waals surface area contributed by atoms with Gasteiger partial charge in [-0.1, -0.05) is 0 Å². The van der Waals surface area contributed by atoms with Gasteiger partial charge in [0.15, 0.2) is 0 Å². The van der Waals surface area contributed by atoms with Gasteiger partial charge in [-0.2, -0.15) is 0 Å². The Labute approximate surface area is 76.8 Å². The maximum atomic E-state index is 11.2. The van der Waals surface area contributed by atoms with Crippen molar-refractivity contribution in [2.45, 2.75) is 18.6 Å². The summed E-state index contributed by atoms with van der Waals surface area (Å²) in [6.45, 7) is 2.93. The van der Waals surface area contributed by atoms with Crippen LogP contribution >= 0.6 is 0 Å². The number of alkyl carbamates (subject to hydrolysis) is 1. The SMILES string of the molecule is O=C(NC1COC1)O[C@H]1CCNC1. The van der Waals surface area contributed by atoms with Gasteiger partial charge in [0, 0.05) is 6.54 Å². The molecule has 0 bridgehead atoms. The molecule has 0 radical (unpaired) electrons. The Morgan fingerprint density at radius 3 is 2.92 bits per heavy atom. The summed E-state index contributed by atoms with van der Waals surface area (Å²) in [5.74, 6) is 0. The van der Waals surface area contributed by atoms with Crippen molar-refractivity contribution >= 4 is 6.09 Å². The normalized spacial score (nSPS) is 28.2. The van der Waals surface area contributed by atoms with Crippen LogP contribution in [0.1, 0.15) is 6.42 Å². The number of carbonyl (C=O) groups is 1. The third-order valence-corrected chi connectivity index (χ3v) is 2.25. The van der Waals surface area contributed by atoms with E-state index in [2.05, 4.69) is 10.6 Å². The zero-order valence-electron chi connectivity index (χ0n) is 7.41. The fraction of sp³-hybridized carbons (Fsp3) is 0.875.